The van der Waals surface area contributed by atoms with Crippen molar-refractivity contribution in [2.75, 3.05) is 13.2 Å². The van der Waals surface area contributed by atoms with Crippen LogP contribution < -0.4 is 0 Å². The van der Waals surface area contributed by atoms with Crippen LogP contribution in [0.15, 0.2) is 45.3 Å². The molecule has 0 N–H and O–H groups in total. The minimum absolute atomic E-state index is 0.0671. The average molecular weight is 537 g/mol. The van der Waals surface area contributed by atoms with Gasteiger partial charge in [0.25, 0.3) is 0 Å². The summed E-state index contributed by atoms with van der Waals surface area (Å²) in [6, 6.07) is 12.3. The fourth-order valence-corrected chi connectivity index (χ4v) is 4.02. The molecular weight excluding hydrogens is 511 g/mol. The van der Waals surface area contributed by atoms with Crippen LogP contribution in [0.4, 0.5) is 0 Å². The minimum Gasteiger partial charge on any atom is -0.380 e. The Morgan fingerprint density at radius 1 is 0.778 bits per heavy atom. The lowest BCUT2D eigenvalue weighted by atomic mass is 9.79. The number of ether oxygens (including phenoxy) is 1. The second kappa shape index (κ2) is 9.63. The third-order valence-electron chi connectivity index (χ3n) is 5.63. The largest absolute Gasteiger partial charge is 0.380 e. The van der Waals surface area contributed by atoms with Crippen LogP contribution in [0.3, 0.4) is 0 Å². The van der Waals surface area contributed by atoms with Gasteiger partial charge in [-0.05, 0) is 80.1 Å². The molecule has 2 rings (SSSR count). The van der Waals surface area contributed by atoms with E-state index in [0.717, 1.165) is 31.8 Å². The molecule has 0 aliphatic carbocycles. The normalized spacial score (nSPS) is 16.0. The number of hydrogen-bond acceptors (Lipinski definition) is 1. The van der Waals surface area contributed by atoms with Crippen LogP contribution in [-0.2, 0) is 15.6 Å². The average Bonchev–Trinajstić information content (AvgIpc) is 2.65. The van der Waals surface area contributed by atoms with Gasteiger partial charge in [-0.25, -0.2) is 0 Å². The van der Waals surface area contributed by atoms with Crippen molar-refractivity contribution in [1.82, 2.24) is 0 Å². The summed E-state index contributed by atoms with van der Waals surface area (Å²) in [6.07, 6.45) is 1.97. The summed E-state index contributed by atoms with van der Waals surface area (Å²) in [5, 5.41) is 1.45. The van der Waals surface area contributed by atoms with Crippen LogP contribution in [-0.4, -0.2) is 13.2 Å². The van der Waals surface area contributed by atoms with Crippen LogP contribution in [0.5, 0.6) is 0 Å². The zero-order chi connectivity index (χ0) is 20.2. The van der Waals surface area contributed by atoms with Gasteiger partial charge in [0.2, 0.25) is 0 Å². The van der Waals surface area contributed by atoms with Gasteiger partial charge in [-0.3, -0.25) is 0 Å². The van der Waals surface area contributed by atoms with E-state index in [1.165, 1.54) is 11.1 Å². The highest BCUT2D eigenvalue weighted by atomic mass is 79.9. The third-order valence-corrected chi connectivity index (χ3v) is 8.06. The molecule has 0 aliphatic heterocycles. The highest BCUT2D eigenvalue weighted by molar-refractivity contribution is 9.10. The monoisotopic (exact) mass is 534 g/mol. The Morgan fingerprint density at radius 3 is 1.44 bits per heavy atom. The van der Waals surface area contributed by atoms with Crippen molar-refractivity contribution in [3.63, 3.8) is 0 Å². The fourth-order valence-electron chi connectivity index (χ4n) is 3.02. The molecule has 0 radical (unpaired) electrons. The molecule has 2 aromatic carbocycles. The molecular formula is C22H26Br2Cl2O. The first kappa shape index (κ1) is 23.2. The number of halogens is 4. The molecule has 0 fully saturated rings. The maximum Gasteiger partial charge on any atom is 0.0560 e. The van der Waals surface area contributed by atoms with Gasteiger partial charge in [-0.15, -0.1) is 0 Å². The van der Waals surface area contributed by atoms with E-state index in [1.54, 1.807) is 0 Å². The Bertz CT molecular complexity index is 730. The van der Waals surface area contributed by atoms with Crippen molar-refractivity contribution in [3.8, 4) is 0 Å². The minimum atomic E-state index is -0.0671. The highest BCUT2D eigenvalue weighted by Crippen LogP contribution is 2.36. The molecule has 148 valence electrons. The first-order chi connectivity index (χ1) is 12.6. The Labute approximate surface area is 190 Å². The van der Waals surface area contributed by atoms with Gasteiger partial charge in [0.15, 0.2) is 0 Å². The van der Waals surface area contributed by atoms with E-state index in [1.807, 2.05) is 12.1 Å². The molecule has 0 amide bonds. The van der Waals surface area contributed by atoms with Crippen molar-refractivity contribution in [2.45, 2.75) is 51.4 Å². The van der Waals surface area contributed by atoms with E-state index < -0.39 is 0 Å². The van der Waals surface area contributed by atoms with Crippen LogP contribution in [0.25, 0.3) is 0 Å². The summed E-state index contributed by atoms with van der Waals surface area (Å²) in [7, 11) is 0. The van der Waals surface area contributed by atoms with E-state index in [4.69, 9.17) is 27.9 Å². The van der Waals surface area contributed by atoms with E-state index in [9.17, 15) is 0 Å². The smallest absolute Gasteiger partial charge is 0.0560 e. The van der Waals surface area contributed by atoms with Gasteiger partial charge in [-0.1, -0.05) is 63.0 Å². The molecule has 1 nitrogen and oxygen atoms in total. The van der Waals surface area contributed by atoms with Crippen LogP contribution in [0.2, 0.25) is 10.0 Å². The summed E-state index contributed by atoms with van der Waals surface area (Å²) >= 11 is 19.4. The van der Waals surface area contributed by atoms with E-state index in [0.29, 0.717) is 13.2 Å². The van der Waals surface area contributed by atoms with E-state index >= 15 is 0 Å². The summed E-state index contributed by atoms with van der Waals surface area (Å²) < 4.78 is 8.14. The highest BCUT2D eigenvalue weighted by Gasteiger charge is 2.30. The molecule has 27 heavy (non-hydrogen) atoms. The molecule has 0 aromatic heterocycles. The predicted molar refractivity (Wildman–Crippen MR) is 124 cm³/mol. The quantitative estimate of drug-likeness (QED) is 0.328. The molecule has 0 saturated carbocycles. The fraction of sp³-hybridized carbons (Fsp3) is 0.455. The molecule has 2 aromatic rings. The van der Waals surface area contributed by atoms with Crippen molar-refractivity contribution in [1.29, 1.82) is 0 Å². The van der Waals surface area contributed by atoms with Crippen molar-refractivity contribution < 1.29 is 4.74 Å². The molecule has 0 spiro atoms. The third kappa shape index (κ3) is 5.51. The van der Waals surface area contributed by atoms with Gasteiger partial charge < -0.3 is 4.74 Å². The SMILES string of the molecule is CCC(C)(COCC(C)(CC)c1ccc(Cl)c(Br)c1)c1ccc(Cl)c(Br)c1. The number of benzene rings is 2. The van der Waals surface area contributed by atoms with E-state index in [2.05, 4.69) is 83.8 Å². The molecule has 5 heteroatoms. The Hall–Kier alpha value is -0.0600. The second-order valence-corrected chi connectivity index (χ2v) is 10.1. The van der Waals surface area contributed by atoms with Gasteiger partial charge in [0, 0.05) is 19.8 Å². The van der Waals surface area contributed by atoms with Gasteiger partial charge >= 0.3 is 0 Å². The van der Waals surface area contributed by atoms with Gasteiger partial charge in [0.05, 0.1) is 23.3 Å². The first-order valence-corrected chi connectivity index (χ1v) is 11.5. The summed E-state index contributed by atoms with van der Waals surface area (Å²) in [6.45, 7) is 10.2. The first-order valence-electron chi connectivity index (χ1n) is 9.14. The molecule has 0 heterocycles. The Morgan fingerprint density at radius 2 is 1.15 bits per heavy atom. The Balaban J connectivity index is 2.14. The zero-order valence-electron chi connectivity index (χ0n) is 16.2. The predicted octanol–water partition coefficient (Wildman–Crippen LogP) is 8.57. The zero-order valence-corrected chi connectivity index (χ0v) is 20.9. The topological polar surface area (TPSA) is 9.23 Å². The Kier molecular flexibility index (Phi) is 8.28. The number of hydrogen-bond donors (Lipinski definition) is 0. The number of rotatable bonds is 8. The van der Waals surface area contributed by atoms with Gasteiger partial charge in [0.1, 0.15) is 0 Å². The van der Waals surface area contributed by atoms with Crippen molar-refractivity contribution in [2.24, 2.45) is 0 Å². The van der Waals surface area contributed by atoms with Gasteiger partial charge in [-0.2, -0.15) is 0 Å². The van der Waals surface area contributed by atoms with Crippen molar-refractivity contribution >= 4 is 55.1 Å². The lowest BCUT2D eigenvalue weighted by Crippen LogP contribution is -2.33. The molecule has 0 saturated heterocycles. The summed E-state index contributed by atoms with van der Waals surface area (Å²) in [5.74, 6) is 0. The summed E-state index contributed by atoms with van der Waals surface area (Å²) in [4.78, 5) is 0. The second-order valence-electron chi connectivity index (χ2n) is 7.58. The lowest BCUT2D eigenvalue weighted by Gasteiger charge is -2.33. The standard InChI is InChI=1S/C22H26Br2Cl2O/c1-5-21(3,15-7-9-19(25)17(23)11-15)13-27-14-22(4,6-2)16-8-10-20(26)18(24)12-16/h7-12H,5-6,13-14H2,1-4H3. The van der Waals surface area contributed by atoms with Crippen molar-refractivity contribution in [3.05, 3.63) is 66.5 Å². The van der Waals surface area contributed by atoms with E-state index in [-0.39, 0.29) is 10.8 Å². The van der Waals surface area contributed by atoms with Crippen LogP contribution in [0, 0.1) is 0 Å². The maximum absolute atomic E-state index is 6.30. The van der Waals surface area contributed by atoms with Crippen LogP contribution in [0.1, 0.15) is 51.7 Å². The summed E-state index contributed by atoms with van der Waals surface area (Å²) in [5.41, 5.74) is 2.33. The lowest BCUT2D eigenvalue weighted by molar-refractivity contribution is 0.0510. The molecule has 2 unspecified atom stereocenters. The molecule has 0 bridgehead atoms. The molecule has 2 atom stereocenters. The molecule has 0 aliphatic rings. The maximum atomic E-state index is 6.30. The van der Waals surface area contributed by atoms with Crippen LogP contribution >= 0.6 is 55.1 Å².